The number of nitrogens with zero attached hydrogens (tertiary/aromatic N) is 3. The molecule has 0 fully saturated rings. The summed E-state index contributed by atoms with van der Waals surface area (Å²) < 4.78 is 2.70. The van der Waals surface area contributed by atoms with Crippen molar-refractivity contribution in [3.8, 4) is 17.1 Å². The maximum atomic E-state index is 13.9. The van der Waals surface area contributed by atoms with Gasteiger partial charge >= 0.3 is 0 Å². The van der Waals surface area contributed by atoms with Crippen molar-refractivity contribution in [2.75, 3.05) is 15.9 Å². The van der Waals surface area contributed by atoms with Crippen LogP contribution in [0.4, 0.5) is 11.5 Å². The number of anilines is 2. The van der Waals surface area contributed by atoms with Gasteiger partial charge in [0.25, 0.3) is 5.56 Å². The highest BCUT2D eigenvalue weighted by atomic mass is 127. The molecule has 0 aliphatic carbocycles. The van der Waals surface area contributed by atoms with Gasteiger partial charge in [0.15, 0.2) is 5.82 Å². The van der Waals surface area contributed by atoms with E-state index in [2.05, 4.69) is 39.6 Å². The molecule has 0 amide bonds. The van der Waals surface area contributed by atoms with E-state index in [0.717, 1.165) is 33.7 Å². The third-order valence-corrected chi connectivity index (χ3v) is 8.14. The Labute approximate surface area is 199 Å². The van der Waals surface area contributed by atoms with E-state index >= 15 is 0 Å². The average Bonchev–Trinajstić information content (AvgIpc) is 2.85. The molecule has 1 atom stereocenters. The average molecular weight is 537 g/mol. The van der Waals surface area contributed by atoms with E-state index in [9.17, 15) is 4.79 Å². The predicted molar refractivity (Wildman–Crippen MR) is 137 cm³/mol. The van der Waals surface area contributed by atoms with Crippen LogP contribution in [0.5, 0.6) is 0 Å². The summed E-state index contributed by atoms with van der Waals surface area (Å²) in [5.41, 5.74) is 2.78. The Morgan fingerprint density at radius 3 is 2.06 bits per heavy atom. The number of benzene rings is 3. The van der Waals surface area contributed by atoms with Gasteiger partial charge in [-0.2, -0.15) is 0 Å². The molecule has 0 bridgehead atoms. The Balaban J connectivity index is 1.80. The van der Waals surface area contributed by atoms with Crippen molar-refractivity contribution in [2.24, 2.45) is 0 Å². The van der Waals surface area contributed by atoms with Gasteiger partial charge in [-0.05, 0) is 24.3 Å². The second kappa shape index (κ2) is 8.88. The maximum absolute atomic E-state index is 13.9. The smallest absolute Gasteiger partial charge is 0.274 e. The van der Waals surface area contributed by atoms with E-state index in [0.29, 0.717) is 16.0 Å². The first-order valence-corrected chi connectivity index (χ1v) is 12.5. The number of thioether (sulfide) groups is 1. The van der Waals surface area contributed by atoms with Crippen LogP contribution in [0.3, 0.4) is 0 Å². The van der Waals surface area contributed by atoms with Crippen molar-refractivity contribution in [1.29, 1.82) is 0 Å². The van der Waals surface area contributed by atoms with Crippen molar-refractivity contribution < 1.29 is 0 Å². The molecule has 1 aliphatic heterocycles. The minimum absolute atomic E-state index is 0.0180. The molecular formula is C25H20IN3OS. The van der Waals surface area contributed by atoms with Crippen LogP contribution in [-0.4, -0.2) is 25.8 Å². The second-order valence-corrected chi connectivity index (χ2v) is 9.46. The van der Waals surface area contributed by atoms with Crippen LogP contribution in [0.1, 0.15) is 0 Å². The van der Waals surface area contributed by atoms with E-state index < -0.39 is 0 Å². The summed E-state index contributed by atoms with van der Waals surface area (Å²) >= 11 is 4.06. The first kappa shape index (κ1) is 20.3. The molecular weight excluding hydrogens is 517 g/mol. The number of halogens is 1. The fourth-order valence-electron chi connectivity index (χ4n) is 3.79. The van der Waals surface area contributed by atoms with Crippen LogP contribution in [0.25, 0.3) is 17.1 Å². The highest BCUT2D eigenvalue weighted by Gasteiger charge is 2.31. The van der Waals surface area contributed by atoms with Crippen LogP contribution in [-0.2, 0) is 0 Å². The van der Waals surface area contributed by atoms with Gasteiger partial charge in [0.1, 0.15) is 10.7 Å². The molecule has 0 spiro atoms. The molecule has 4 aromatic rings. The zero-order chi connectivity index (χ0) is 21.2. The van der Waals surface area contributed by atoms with Gasteiger partial charge in [-0.1, -0.05) is 89.3 Å². The molecule has 1 aliphatic rings. The Morgan fingerprint density at radius 2 is 1.45 bits per heavy atom. The van der Waals surface area contributed by atoms with Gasteiger partial charge in [-0.15, -0.1) is 11.8 Å². The molecule has 5 rings (SSSR count). The van der Waals surface area contributed by atoms with E-state index in [1.165, 1.54) is 0 Å². The number of aromatic nitrogens is 2. The fourth-order valence-corrected chi connectivity index (χ4v) is 5.68. The molecule has 1 unspecified atom stereocenters. The number of hydrogen-bond acceptors (Lipinski definition) is 4. The fraction of sp³-hybridized carbons (Fsp3) is 0.120. The Hall–Kier alpha value is -2.58. The van der Waals surface area contributed by atoms with Crippen LogP contribution < -0.4 is 10.5 Å². The second-order valence-electron chi connectivity index (χ2n) is 7.27. The zero-order valence-corrected chi connectivity index (χ0v) is 19.7. The molecule has 0 saturated carbocycles. The van der Waals surface area contributed by atoms with Crippen LogP contribution in [0, 0.1) is 0 Å². The number of alkyl halides is 1. The van der Waals surface area contributed by atoms with E-state index in [1.54, 1.807) is 16.3 Å². The number of hydrogen-bond donors (Lipinski definition) is 0. The molecule has 6 heteroatoms. The van der Waals surface area contributed by atoms with E-state index in [1.807, 2.05) is 78.9 Å². The highest BCUT2D eigenvalue weighted by Crippen LogP contribution is 2.40. The molecule has 2 heterocycles. The standard InChI is InChI=1S/C25H20IN3OS/c26-16-21-17-28(19-12-6-2-7-13-19)24-22(31-21)25(30)29(20-14-8-3-9-15-20)23(27-24)18-10-4-1-5-11-18/h1-15,21H,16-17H2. The third-order valence-electron chi connectivity index (χ3n) is 5.24. The topological polar surface area (TPSA) is 38.1 Å². The Bertz CT molecular complexity index is 1250. The molecule has 31 heavy (non-hydrogen) atoms. The van der Waals surface area contributed by atoms with Gasteiger partial charge in [-0.25, -0.2) is 4.98 Å². The van der Waals surface area contributed by atoms with E-state index in [4.69, 9.17) is 4.98 Å². The Kier molecular flexibility index (Phi) is 5.82. The summed E-state index contributed by atoms with van der Waals surface area (Å²) in [6, 6.07) is 29.9. The summed E-state index contributed by atoms with van der Waals surface area (Å²) in [5, 5.41) is 0.314. The molecule has 1 aromatic heterocycles. The largest absolute Gasteiger partial charge is 0.324 e. The first-order valence-electron chi connectivity index (χ1n) is 10.1. The van der Waals surface area contributed by atoms with Crippen molar-refractivity contribution >= 4 is 45.9 Å². The van der Waals surface area contributed by atoms with Gasteiger partial charge < -0.3 is 4.90 Å². The van der Waals surface area contributed by atoms with Crippen LogP contribution in [0.15, 0.2) is 101 Å². The molecule has 4 nitrogen and oxygen atoms in total. The SMILES string of the molecule is O=c1c2c(nc(-c3ccccc3)n1-c1ccccc1)N(c1ccccc1)CC(CI)S2. The lowest BCUT2D eigenvalue weighted by atomic mass is 10.2. The van der Waals surface area contributed by atoms with Crippen molar-refractivity contribution in [3.63, 3.8) is 0 Å². The lowest BCUT2D eigenvalue weighted by Gasteiger charge is -2.34. The number of para-hydroxylation sites is 2. The molecule has 154 valence electrons. The lowest BCUT2D eigenvalue weighted by molar-refractivity contribution is 0.821. The van der Waals surface area contributed by atoms with Gasteiger partial charge in [0.2, 0.25) is 0 Å². The summed E-state index contributed by atoms with van der Waals surface area (Å²) in [6.45, 7) is 0.820. The maximum Gasteiger partial charge on any atom is 0.274 e. The molecule has 0 radical (unpaired) electrons. The Morgan fingerprint density at radius 1 is 0.871 bits per heavy atom. The van der Waals surface area contributed by atoms with E-state index in [-0.39, 0.29) is 5.56 Å². The first-order chi connectivity index (χ1) is 15.3. The van der Waals surface area contributed by atoms with Crippen LogP contribution in [0.2, 0.25) is 0 Å². The normalized spacial score (nSPS) is 15.5. The number of fused-ring (bicyclic) bond motifs is 1. The molecule has 0 saturated heterocycles. The summed E-state index contributed by atoms with van der Waals surface area (Å²) in [5.74, 6) is 1.40. The molecule has 0 N–H and O–H groups in total. The molecule has 3 aromatic carbocycles. The van der Waals surface area contributed by atoms with Crippen LogP contribution >= 0.6 is 34.4 Å². The van der Waals surface area contributed by atoms with Gasteiger partial charge in [0.05, 0.1) is 5.69 Å². The lowest BCUT2D eigenvalue weighted by Crippen LogP contribution is -2.37. The minimum atomic E-state index is -0.0180. The number of rotatable bonds is 4. The van der Waals surface area contributed by atoms with Crippen molar-refractivity contribution in [2.45, 2.75) is 10.1 Å². The van der Waals surface area contributed by atoms with Gasteiger partial charge in [0, 0.05) is 27.5 Å². The monoisotopic (exact) mass is 537 g/mol. The highest BCUT2D eigenvalue weighted by molar-refractivity contribution is 14.1. The van der Waals surface area contributed by atoms with Crippen molar-refractivity contribution in [1.82, 2.24) is 9.55 Å². The summed E-state index contributed by atoms with van der Waals surface area (Å²) in [7, 11) is 0. The minimum Gasteiger partial charge on any atom is -0.324 e. The van der Waals surface area contributed by atoms with Gasteiger partial charge in [-0.3, -0.25) is 9.36 Å². The van der Waals surface area contributed by atoms with Crippen molar-refractivity contribution in [3.05, 3.63) is 101 Å². The zero-order valence-electron chi connectivity index (χ0n) is 16.7. The summed E-state index contributed by atoms with van der Waals surface area (Å²) in [6.07, 6.45) is 0. The third kappa shape index (κ3) is 3.90. The predicted octanol–water partition coefficient (Wildman–Crippen LogP) is 5.95. The quantitative estimate of drug-likeness (QED) is 0.238. The summed E-state index contributed by atoms with van der Waals surface area (Å²) in [4.78, 5) is 21.9.